The summed E-state index contributed by atoms with van der Waals surface area (Å²) in [5.74, 6) is -1.07. The Kier molecular flexibility index (Phi) is 4.84. The highest BCUT2D eigenvalue weighted by molar-refractivity contribution is 8.15. The van der Waals surface area contributed by atoms with Crippen molar-refractivity contribution in [3.8, 4) is 0 Å². The number of halogens is 1. The van der Waals surface area contributed by atoms with Crippen molar-refractivity contribution in [3.05, 3.63) is 64.7 Å². The third-order valence-electron chi connectivity index (χ3n) is 4.65. The van der Waals surface area contributed by atoms with Crippen molar-refractivity contribution in [1.29, 1.82) is 0 Å². The summed E-state index contributed by atoms with van der Waals surface area (Å²) in [4.78, 5) is 37.9. The van der Waals surface area contributed by atoms with Crippen LogP contribution in [0.2, 0.25) is 5.02 Å². The minimum atomic E-state index is -1.45. The van der Waals surface area contributed by atoms with Crippen LogP contribution in [-0.4, -0.2) is 27.9 Å². The van der Waals surface area contributed by atoms with Gasteiger partial charge in [-0.3, -0.25) is 14.4 Å². The van der Waals surface area contributed by atoms with Crippen LogP contribution in [0.3, 0.4) is 0 Å². The van der Waals surface area contributed by atoms with Gasteiger partial charge in [0.2, 0.25) is 16.7 Å². The molecule has 1 spiro atoms. The molecule has 2 aromatic rings. The Morgan fingerprint density at radius 1 is 1.17 bits per heavy atom. The molecule has 1 N–H and O–H groups in total. The molecule has 0 aromatic heterocycles. The lowest BCUT2D eigenvalue weighted by Crippen LogP contribution is -2.48. The zero-order valence-corrected chi connectivity index (χ0v) is 17.3. The molecule has 0 aliphatic carbocycles. The first kappa shape index (κ1) is 19.5. The number of hydrogen-bond acceptors (Lipinski definition) is 5. The quantitative estimate of drug-likeness (QED) is 0.797. The number of amidine groups is 1. The van der Waals surface area contributed by atoms with Gasteiger partial charge < -0.3 is 10.2 Å². The molecule has 4 rings (SSSR count). The largest absolute Gasteiger partial charge is 0.304 e. The van der Waals surface area contributed by atoms with E-state index in [1.54, 1.807) is 23.1 Å². The van der Waals surface area contributed by atoms with Crippen LogP contribution in [0.1, 0.15) is 25.0 Å². The number of amides is 3. The Bertz CT molecular complexity index is 1060. The molecule has 9 heteroatoms. The van der Waals surface area contributed by atoms with E-state index in [0.29, 0.717) is 22.8 Å². The molecule has 7 nitrogen and oxygen atoms in total. The number of carbonyl (C=O) groups is 3. The summed E-state index contributed by atoms with van der Waals surface area (Å²) in [7, 11) is 0. The van der Waals surface area contributed by atoms with Crippen molar-refractivity contribution >= 4 is 51.9 Å². The molecule has 0 bridgehead atoms. The number of rotatable bonds is 2. The highest BCUT2D eigenvalue weighted by Gasteiger charge is 2.61. The summed E-state index contributed by atoms with van der Waals surface area (Å²) in [6, 6.07) is 14.7. The van der Waals surface area contributed by atoms with Gasteiger partial charge >= 0.3 is 0 Å². The van der Waals surface area contributed by atoms with Crippen molar-refractivity contribution in [2.75, 3.05) is 4.90 Å². The molecule has 1 unspecified atom stereocenters. The lowest BCUT2D eigenvalue weighted by molar-refractivity contribution is -0.139. The average molecular weight is 429 g/mol. The molecule has 29 heavy (non-hydrogen) atoms. The highest BCUT2D eigenvalue weighted by atomic mass is 35.5. The van der Waals surface area contributed by atoms with Crippen LogP contribution in [0, 0.1) is 0 Å². The fourth-order valence-electron chi connectivity index (χ4n) is 3.51. The summed E-state index contributed by atoms with van der Waals surface area (Å²) >= 11 is 7.27. The van der Waals surface area contributed by atoms with Gasteiger partial charge in [0, 0.05) is 24.4 Å². The van der Waals surface area contributed by atoms with Crippen LogP contribution >= 0.6 is 23.4 Å². The van der Waals surface area contributed by atoms with E-state index in [9.17, 15) is 14.4 Å². The smallest absolute Gasteiger partial charge is 0.271 e. The van der Waals surface area contributed by atoms with Crippen LogP contribution in [0.5, 0.6) is 0 Å². The van der Waals surface area contributed by atoms with Gasteiger partial charge in [0.05, 0.1) is 12.2 Å². The Morgan fingerprint density at radius 3 is 2.55 bits per heavy atom. The SMILES string of the molecule is CC(=O)NC1=NN(C(C)=O)C2(S1)C(=O)N(Cc1ccccc1)c1ccc(Cl)cc12. The van der Waals surface area contributed by atoms with E-state index in [1.807, 2.05) is 30.3 Å². The number of carbonyl (C=O) groups excluding carboxylic acids is 3. The molecule has 148 valence electrons. The summed E-state index contributed by atoms with van der Waals surface area (Å²) < 4.78 is 0. The van der Waals surface area contributed by atoms with Gasteiger partial charge in [0.1, 0.15) is 0 Å². The highest BCUT2D eigenvalue weighted by Crippen LogP contribution is 2.55. The second-order valence-electron chi connectivity index (χ2n) is 6.70. The first-order chi connectivity index (χ1) is 13.8. The van der Waals surface area contributed by atoms with Gasteiger partial charge in [-0.15, -0.1) is 5.10 Å². The van der Waals surface area contributed by atoms with Gasteiger partial charge in [-0.2, -0.15) is 5.01 Å². The van der Waals surface area contributed by atoms with Crippen molar-refractivity contribution in [1.82, 2.24) is 10.3 Å². The van der Waals surface area contributed by atoms with E-state index in [2.05, 4.69) is 10.4 Å². The van der Waals surface area contributed by atoms with Crippen LogP contribution in [-0.2, 0) is 25.8 Å². The molecule has 2 aromatic carbocycles. The Labute approximate surface area is 176 Å². The van der Waals surface area contributed by atoms with E-state index in [0.717, 1.165) is 22.3 Å². The van der Waals surface area contributed by atoms with E-state index in [1.165, 1.54) is 13.8 Å². The minimum Gasteiger partial charge on any atom is -0.304 e. The molecule has 0 saturated heterocycles. The van der Waals surface area contributed by atoms with Gasteiger partial charge in [0.25, 0.3) is 5.91 Å². The number of hydrogen-bond donors (Lipinski definition) is 1. The predicted octanol–water partition coefficient (Wildman–Crippen LogP) is 3.04. The van der Waals surface area contributed by atoms with Crippen molar-refractivity contribution < 1.29 is 14.4 Å². The summed E-state index contributed by atoms with van der Waals surface area (Å²) in [6.07, 6.45) is 0. The molecule has 2 heterocycles. The van der Waals surface area contributed by atoms with Gasteiger partial charge in [-0.1, -0.05) is 41.9 Å². The third kappa shape index (κ3) is 3.18. The van der Waals surface area contributed by atoms with E-state index in [4.69, 9.17) is 11.6 Å². The molecule has 2 aliphatic rings. The monoisotopic (exact) mass is 428 g/mol. The maximum absolute atomic E-state index is 13.7. The molecule has 3 amide bonds. The zero-order chi connectivity index (χ0) is 20.8. The normalized spacial score (nSPS) is 20.1. The Morgan fingerprint density at radius 2 is 1.90 bits per heavy atom. The number of fused-ring (bicyclic) bond motifs is 2. The first-order valence-electron chi connectivity index (χ1n) is 8.85. The maximum Gasteiger partial charge on any atom is 0.271 e. The lowest BCUT2D eigenvalue weighted by Gasteiger charge is -2.29. The summed E-state index contributed by atoms with van der Waals surface area (Å²) in [6.45, 7) is 3.01. The average Bonchev–Trinajstić information content (AvgIpc) is 3.15. The molecule has 2 aliphatic heterocycles. The molecular weight excluding hydrogens is 412 g/mol. The van der Waals surface area contributed by atoms with Crippen LogP contribution < -0.4 is 10.2 Å². The van der Waals surface area contributed by atoms with Crippen molar-refractivity contribution in [2.24, 2.45) is 5.10 Å². The number of anilines is 1. The second kappa shape index (κ2) is 7.20. The number of nitrogens with zero attached hydrogens (tertiary/aromatic N) is 3. The van der Waals surface area contributed by atoms with Gasteiger partial charge in [-0.25, -0.2) is 0 Å². The molecular formula is C20H17ClN4O3S. The van der Waals surface area contributed by atoms with E-state index >= 15 is 0 Å². The van der Waals surface area contributed by atoms with E-state index in [-0.39, 0.29) is 17.0 Å². The Balaban J connectivity index is 1.83. The third-order valence-corrected chi connectivity index (χ3v) is 6.12. The minimum absolute atomic E-state index is 0.188. The van der Waals surface area contributed by atoms with Crippen molar-refractivity contribution in [2.45, 2.75) is 25.3 Å². The van der Waals surface area contributed by atoms with Crippen LogP contribution in [0.15, 0.2) is 53.6 Å². The maximum atomic E-state index is 13.7. The lowest BCUT2D eigenvalue weighted by atomic mass is 10.1. The fraction of sp³-hybridized carbons (Fsp3) is 0.200. The standard InChI is InChI=1S/C20H17ClN4O3S/c1-12(26)22-19-23-25(13(2)27)20(29-19)16-10-15(21)8-9-17(16)24(18(20)28)11-14-6-4-3-5-7-14/h3-10H,11H2,1-2H3,(H,22,23,26). The van der Waals surface area contributed by atoms with Crippen LogP contribution in [0.25, 0.3) is 0 Å². The molecule has 1 atom stereocenters. The number of thioether (sulfide) groups is 1. The van der Waals surface area contributed by atoms with E-state index < -0.39 is 10.8 Å². The second-order valence-corrected chi connectivity index (χ2v) is 8.32. The van der Waals surface area contributed by atoms with Gasteiger partial charge in [-0.05, 0) is 35.5 Å². The van der Waals surface area contributed by atoms with Crippen molar-refractivity contribution in [3.63, 3.8) is 0 Å². The summed E-state index contributed by atoms with van der Waals surface area (Å²) in [5.41, 5.74) is 2.16. The Hall–Kier alpha value is -2.84. The topological polar surface area (TPSA) is 82.1 Å². The molecule has 0 saturated carbocycles. The zero-order valence-electron chi connectivity index (χ0n) is 15.7. The molecule has 0 radical (unpaired) electrons. The predicted molar refractivity (Wildman–Crippen MR) is 112 cm³/mol. The van der Waals surface area contributed by atoms with Crippen LogP contribution in [0.4, 0.5) is 5.69 Å². The number of benzene rings is 2. The molecule has 0 fully saturated rings. The number of hydrazone groups is 1. The first-order valence-corrected chi connectivity index (χ1v) is 10.0. The van der Waals surface area contributed by atoms with Gasteiger partial charge in [0.15, 0.2) is 5.17 Å². The number of nitrogens with one attached hydrogen (secondary N) is 1. The summed E-state index contributed by atoms with van der Waals surface area (Å²) in [5, 5.41) is 8.57. The fourth-order valence-corrected chi connectivity index (χ4v) is 5.00.